The zero-order valence-electron chi connectivity index (χ0n) is 19.4. The second-order valence-electron chi connectivity index (χ2n) is 9.02. The van der Waals surface area contributed by atoms with Crippen molar-refractivity contribution < 1.29 is 4.74 Å². The molecule has 9 heteroatoms. The van der Waals surface area contributed by atoms with Crippen LogP contribution in [-0.4, -0.2) is 72.8 Å². The number of aromatic nitrogens is 2. The van der Waals surface area contributed by atoms with E-state index in [0.717, 1.165) is 84.5 Å². The molecule has 0 saturated carbocycles. The predicted molar refractivity (Wildman–Crippen MR) is 135 cm³/mol. The largest absolute Gasteiger partial charge is 0.495 e. The Morgan fingerprint density at radius 2 is 1.94 bits per heavy atom. The number of halogens is 1. The lowest BCUT2D eigenvalue weighted by molar-refractivity contribution is 0.246. The van der Waals surface area contributed by atoms with E-state index in [1.165, 1.54) is 10.4 Å². The summed E-state index contributed by atoms with van der Waals surface area (Å²) < 4.78 is 7.36. The lowest BCUT2D eigenvalue weighted by Crippen LogP contribution is -2.47. The molecule has 2 aliphatic heterocycles. The molecule has 0 radical (unpaired) electrons. The van der Waals surface area contributed by atoms with Crippen LogP contribution >= 0.6 is 22.9 Å². The molecule has 1 aromatic carbocycles. The van der Waals surface area contributed by atoms with Crippen LogP contribution in [0.15, 0.2) is 23.3 Å². The van der Waals surface area contributed by atoms with Crippen molar-refractivity contribution in [2.45, 2.75) is 26.4 Å². The molecule has 0 unspecified atom stereocenters. The summed E-state index contributed by atoms with van der Waals surface area (Å²) in [5.41, 5.74) is 3.49. The third-order valence-corrected chi connectivity index (χ3v) is 8.38. The highest BCUT2D eigenvalue weighted by molar-refractivity contribution is 7.18. The summed E-state index contributed by atoms with van der Waals surface area (Å²) in [6.45, 7) is 9.14. The Bertz CT molecular complexity index is 1230. The fourth-order valence-electron chi connectivity index (χ4n) is 4.83. The third-order valence-electron chi connectivity index (χ3n) is 6.85. The summed E-state index contributed by atoms with van der Waals surface area (Å²) in [5.74, 6) is 0.815. The van der Waals surface area contributed by atoms with Gasteiger partial charge in [0.05, 0.1) is 24.5 Å². The van der Waals surface area contributed by atoms with Crippen molar-refractivity contribution in [2.24, 2.45) is 0 Å². The van der Waals surface area contributed by atoms with Crippen molar-refractivity contribution in [2.75, 3.05) is 58.3 Å². The predicted octanol–water partition coefficient (Wildman–Crippen LogP) is 3.24. The minimum absolute atomic E-state index is 0.113. The van der Waals surface area contributed by atoms with Crippen LogP contribution in [0.5, 0.6) is 5.75 Å². The molecule has 3 aromatic rings. The Kier molecular flexibility index (Phi) is 6.35. The fraction of sp³-hybridized carbons (Fsp3) is 0.500. The SMILES string of the molecule is COc1cc(Cl)c(C)cc1N1CCN(CCn2cnc3sc4c(c3c2=O)CCN(C)C4)CC1. The zero-order valence-corrected chi connectivity index (χ0v) is 21.0. The number of likely N-dealkylation sites (N-methyl/N-ethyl adjacent to an activating group) is 1. The summed E-state index contributed by atoms with van der Waals surface area (Å²) in [6.07, 6.45) is 2.66. The number of hydrogen-bond donors (Lipinski definition) is 0. The molecule has 0 N–H and O–H groups in total. The van der Waals surface area contributed by atoms with Crippen molar-refractivity contribution in [1.82, 2.24) is 19.4 Å². The smallest absolute Gasteiger partial charge is 0.262 e. The number of benzene rings is 1. The zero-order chi connectivity index (χ0) is 23.1. The van der Waals surface area contributed by atoms with Gasteiger partial charge in [-0.3, -0.25) is 14.3 Å². The lowest BCUT2D eigenvalue weighted by atomic mass is 10.1. The Balaban J connectivity index is 1.25. The number of rotatable bonds is 5. The molecule has 0 aliphatic carbocycles. The van der Waals surface area contributed by atoms with Crippen molar-refractivity contribution in [3.05, 3.63) is 49.8 Å². The molecule has 2 aliphatic rings. The summed E-state index contributed by atoms with van der Waals surface area (Å²) in [6, 6.07) is 4.01. The van der Waals surface area contributed by atoms with Crippen LogP contribution < -0.4 is 15.2 Å². The van der Waals surface area contributed by atoms with Gasteiger partial charge in [-0.2, -0.15) is 0 Å². The third kappa shape index (κ3) is 4.37. The number of ether oxygens (including phenoxy) is 1. The summed E-state index contributed by atoms with van der Waals surface area (Å²) >= 11 is 7.95. The van der Waals surface area contributed by atoms with Gasteiger partial charge in [0.25, 0.3) is 5.56 Å². The molecular weight excluding hydrogens is 458 g/mol. The second kappa shape index (κ2) is 9.25. The summed E-state index contributed by atoms with van der Waals surface area (Å²) in [5, 5.41) is 1.57. The first-order valence-corrected chi connectivity index (χ1v) is 12.6. The Morgan fingerprint density at radius 1 is 1.15 bits per heavy atom. The molecule has 7 nitrogen and oxygen atoms in total. The van der Waals surface area contributed by atoms with Crippen molar-refractivity contribution in [1.29, 1.82) is 0 Å². The van der Waals surface area contributed by atoms with Gasteiger partial charge in [-0.25, -0.2) is 4.98 Å². The molecule has 176 valence electrons. The van der Waals surface area contributed by atoms with Gasteiger partial charge in [0, 0.05) is 68.3 Å². The first kappa shape index (κ1) is 22.7. The first-order valence-electron chi connectivity index (χ1n) is 11.4. The minimum Gasteiger partial charge on any atom is -0.495 e. The monoisotopic (exact) mass is 487 g/mol. The number of nitrogens with zero attached hydrogens (tertiary/aromatic N) is 5. The quantitative estimate of drug-likeness (QED) is 0.550. The lowest BCUT2D eigenvalue weighted by Gasteiger charge is -2.36. The molecule has 0 amide bonds. The summed E-state index contributed by atoms with van der Waals surface area (Å²) in [7, 11) is 3.81. The van der Waals surface area contributed by atoms with E-state index in [0.29, 0.717) is 6.54 Å². The van der Waals surface area contributed by atoms with Gasteiger partial charge in [-0.05, 0) is 37.6 Å². The minimum atomic E-state index is 0.113. The van der Waals surface area contributed by atoms with Crippen LogP contribution in [0.25, 0.3) is 10.2 Å². The Labute approximate surface area is 203 Å². The summed E-state index contributed by atoms with van der Waals surface area (Å²) in [4.78, 5) is 27.1. The van der Waals surface area contributed by atoms with Gasteiger partial charge < -0.3 is 14.5 Å². The van der Waals surface area contributed by atoms with Gasteiger partial charge in [-0.1, -0.05) is 11.6 Å². The number of piperazine rings is 1. The molecule has 0 spiro atoms. The average molecular weight is 488 g/mol. The van der Waals surface area contributed by atoms with E-state index in [9.17, 15) is 4.79 Å². The van der Waals surface area contributed by atoms with Crippen LogP contribution in [0, 0.1) is 6.92 Å². The number of thiophene rings is 1. The Morgan fingerprint density at radius 3 is 2.70 bits per heavy atom. The van der Waals surface area contributed by atoms with E-state index in [1.54, 1.807) is 29.3 Å². The van der Waals surface area contributed by atoms with Crippen molar-refractivity contribution in [3.8, 4) is 5.75 Å². The van der Waals surface area contributed by atoms with Gasteiger partial charge in [0.2, 0.25) is 0 Å². The van der Waals surface area contributed by atoms with Crippen LogP contribution in [0.4, 0.5) is 5.69 Å². The number of fused-ring (bicyclic) bond motifs is 3. The molecule has 4 heterocycles. The highest BCUT2D eigenvalue weighted by atomic mass is 35.5. The molecule has 5 rings (SSSR count). The first-order chi connectivity index (χ1) is 15.9. The van der Waals surface area contributed by atoms with E-state index in [4.69, 9.17) is 16.3 Å². The Hall–Kier alpha value is -2.13. The van der Waals surface area contributed by atoms with E-state index in [2.05, 4.69) is 32.8 Å². The van der Waals surface area contributed by atoms with Crippen LogP contribution in [0.1, 0.15) is 16.0 Å². The molecule has 2 aromatic heterocycles. The number of aryl methyl sites for hydroxylation is 1. The van der Waals surface area contributed by atoms with E-state index < -0.39 is 0 Å². The van der Waals surface area contributed by atoms with Gasteiger partial charge in [0.15, 0.2) is 0 Å². The second-order valence-corrected chi connectivity index (χ2v) is 10.5. The average Bonchev–Trinajstić information content (AvgIpc) is 3.18. The highest BCUT2D eigenvalue weighted by Gasteiger charge is 2.23. The van der Waals surface area contributed by atoms with E-state index in [-0.39, 0.29) is 5.56 Å². The van der Waals surface area contributed by atoms with Gasteiger partial charge in [-0.15, -0.1) is 11.3 Å². The van der Waals surface area contributed by atoms with Crippen LogP contribution in [0.2, 0.25) is 5.02 Å². The number of hydrogen-bond acceptors (Lipinski definition) is 7. The highest BCUT2D eigenvalue weighted by Crippen LogP contribution is 2.34. The molecule has 33 heavy (non-hydrogen) atoms. The molecular formula is C24H30ClN5O2S. The molecule has 0 bridgehead atoms. The number of methoxy groups -OCH3 is 1. The topological polar surface area (TPSA) is 53.8 Å². The molecule has 0 atom stereocenters. The fourth-order valence-corrected chi connectivity index (χ4v) is 6.24. The van der Waals surface area contributed by atoms with E-state index in [1.807, 2.05) is 13.0 Å². The standard InChI is InChI=1S/C24H30ClN5O2S/c1-16-12-19(20(32-3)13-18(16)25)29-9-6-28(7-10-29)8-11-30-15-26-23-22(24(30)31)17-4-5-27(2)14-21(17)33-23/h12-13,15H,4-11,14H2,1-3H3. The van der Waals surface area contributed by atoms with Crippen LogP contribution in [-0.2, 0) is 19.5 Å². The molecule has 1 saturated heterocycles. The van der Waals surface area contributed by atoms with Crippen molar-refractivity contribution in [3.63, 3.8) is 0 Å². The van der Waals surface area contributed by atoms with Gasteiger partial charge >= 0.3 is 0 Å². The number of anilines is 1. The maximum absolute atomic E-state index is 13.2. The van der Waals surface area contributed by atoms with Crippen molar-refractivity contribution >= 4 is 38.8 Å². The normalized spacial score (nSPS) is 17.5. The van der Waals surface area contributed by atoms with Crippen LogP contribution in [0.3, 0.4) is 0 Å². The van der Waals surface area contributed by atoms with Gasteiger partial charge in [0.1, 0.15) is 10.6 Å². The maximum Gasteiger partial charge on any atom is 0.262 e. The molecule has 1 fully saturated rings. The van der Waals surface area contributed by atoms with E-state index >= 15 is 0 Å². The maximum atomic E-state index is 13.2.